The van der Waals surface area contributed by atoms with Crippen LogP contribution in [-0.4, -0.2) is 29.6 Å². The minimum absolute atomic E-state index is 0.219. The van der Waals surface area contributed by atoms with Crippen molar-refractivity contribution in [2.24, 2.45) is 11.7 Å². The number of aromatic nitrogens is 1. The van der Waals surface area contributed by atoms with Crippen LogP contribution in [0.3, 0.4) is 0 Å². The summed E-state index contributed by atoms with van der Waals surface area (Å²) in [6.07, 6.45) is 5.19. The lowest BCUT2D eigenvalue weighted by Crippen LogP contribution is -2.32. The second-order valence-electron chi connectivity index (χ2n) is 5.23. The van der Waals surface area contributed by atoms with E-state index in [1.165, 1.54) is 18.9 Å². The van der Waals surface area contributed by atoms with E-state index in [4.69, 9.17) is 16.2 Å². The zero-order valence-corrected chi connectivity index (χ0v) is 10.6. The second kappa shape index (κ2) is 4.70. The number of nitrogens with two attached hydrogens (primary N) is 2. The molecule has 0 bridgehead atoms. The van der Waals surface area contributed by atoms with Gasteiger partial charge in [-0.25, -0.2) is 4.98 Å². The van der Waals surface area contributed by atoms with E-state index in [1.807, 2.05) is 0 Å². The SMILES string of the molecule is NC(=O)c1cc(N)ncc1NC1CCOC1C1CC1. The summed E-state index contributed by atoms with van der Waals surface area (Å²) in [6.45, 7) is 0.757. The first-order valence-corrected chi connectivity index (χ1v) is 6.58. The third-order valence-corrected chi connectivity index (χ3v) is 3.75. The van der Waals surface area contributed by atoms with E-state index in [0.717, 1.165) is 13.0 Å². The predicted octanol–water partition coefficient (Wildman–Crippen LogP) is 0.742. The zero-order valence-electron chi connectivity index (χ0n) is 10.6. The molecule has 3 rings (SSSR count). The number of hydrogen-bond acceptors (Lipinski definition) is 5. The van der Waals surface area contributed by atoms with Gasteiger partial charge in [0.1, 0.15) is 5.82 Å². The average Bonchev–Trinajstić information content (AvgIpc) is 3.12. The van der Waals surface area contributed by atoms with Gasteiger partial charge in [0.25, 0.3) is 5.91 Å². The Bertz CT molecular complexity index is 501. The van der Waals surface area contributed by atoms with Crippen LogP contribution in [0.25, 0.3) is 0 Å². The van der Waals surface area contributed by atoms with Crippen LogP contribution in [0.5, 0.6) is 0 Å². The normalized spacial score (nSPS) is 26.3. The number of carbonyl (C=O) groups is 1. The molecule has 2 aliphatic rings. The number of primary amides is 1. The molecule has 1 aliphatic heterocycles. The maximum absolute atomic E-state index is 11.4. The fourth-order valence-corrected chi connectivity index (χ4v) is 2.65. The largest absolute Gasteiger partial charge is 0.384 e. The van der Waals surface area contributed by atoms with Gasteiger partial charge < -0.3 is 21.5 Å². The van der Waals surface area contributed by atoms with Gasteiger partial charge in [-0.15, -0.1) is 0 Å². The summed E-state index contributed by atoms with van der Waals surface area (Å²) in [7, 11) is 0. The molecule has 1 aromatic heterocycles. The lowest BCUT2D eigenvalue weighted by atomic mass is 10.1. The Morgan fingerprint density at radius 1 is 1.42 bits per heavy atom. The number of anilines is 2. The maximum Gasteiger partial charge on any atom is 0.250 e. The Morgan fingerprint density at radius 3 is 2.89 bits per heavy atom. The number of rotatable bonds is 4. The van der Waals surface area contributed by atoms with E-state index in [0.29, 0.717) is 23.0 Å². The van der Waals surface area contributed by atoms with E-state index in [1.54, 1.807) is 6.20 Å². The Kier molecular flexibility index (Phi) is 3.02. The first-order chi connectivity index (χ1) is 9.15. The first kappa shape index (κ1) is 12.2. The maximum atomic E-state index is 11.4. The lowest BCUT2D eigenvalue weighted by molar-refractivity contribution is 0.0897. The van der Waals surface area contributed by atoms with Gasteiger partial charge in [0.2, 0.25) is 0 Å². The molecule has 1 aliphatic carbocycles. The number of nitrogens with one attached hydrogen (secondary N) is 1. The van der Waals surface area contributed by atoms with Crippen LogP contribution in [0.1, 0.15) is 29.6 Å². The van der Waals surface area contributed by atoms with E-state index >= 15 is 0 Å². The Balaban J connectivity index is 1.80. The highest BCUT2D eigenvalue weighted by atomic mass is 16.5. The number of nitrogen functional groups attached to an aromatic ring is 1. The van der Waals surface area contributed by atoms with Gasteiger partial charge in [-0.3, -0.25) is 4.79 Å². The van der Waals surface area contributed by atoms with Gasteiger partial charge in [0.15, 0.2) is 0 Å². The van der Waals surface area contributed by atoms with Crippen molar-refractivity contribution in [1.82, 2.24) is 4.98 Å². The highest BCUT2D eigenvalue weighted by Gasteiger charge is 2.40. The third kappa shape index (κ3) is 2.49. The van der Waals surface area contributed by atoms with Crippen LogP contribution in [-0.2, 0) is 4.74 Å². The topological polar surface area (TPSA) is 103 Å². The molecular formula is C13H18N4O2. The molecule has 2 heterocycles. The number of ether oxygens (including phenoxy) is 1. The standard InChI is InChI=1S/C13H18N4O2/c14-11-5-8(13(15)18)10(6-16-11)17-9-3-4-19-12(9)7-1-2-7/h5-7,9,12,17H,1-4H2,(H2,14,16)(H2,15,18). The van der Waals surface area contributed by atoms with E-state index in [9.17, 15) is 4.79 Å². The molecule has 2 atom stereocenters. The second-order valence-corrected chi connectivity index (χ2v) is 5.23. The van der Waals surface area contributed by atoms with Crippen molar-refractivity contribution in [2.75, 3.05) is 17.7 Å². The molecule has 0 spiro atoms. The van der Waals surface area contributed by atoms with Gasteiger partial charge in [-0.1, -0.05) is 0 Å². The number of nitrogens with zero attached hydrogens (tertiary/aromatic N) is 1. The van der Waals surface area contributed by atoms with Gasteiger partial charge in [-0.05, 0) is 31.2 Å². The minimum Gasteiger partial charge on any atom is -0.384 e. The van der Waals surface area contributed by atoms with Crippen LogP contribution < -0.4 is 16.8 Å². The summed E-state index contributed by atoms with van der Waals surface area (Å²) in [6, 6.07) is 1.73. The summed E-state index contributed by atoms with van der Waals surface area (Å²) in [5, 5.41) is 3.35. The summed E-state index contributed by atoms with van der Waals surface area (Å²) >= 11 is 0. The van der Waals surface area contributed by atoms with Crippen molar-refractivity contribution < 1.29 is 9.53 Å². The van der Waals surface area contributed by atoms with Crippen LogP contribution in [0, 0.1) is 5.92 Å². The lowest BCUT2D eigenvalue weighted by Gasteiger charge is -2.21. The first-order valence-electron chi connectivity index (χ1n) is 6.58. The molecule has 6 heteroatoms. The van der Waals surface area contributed by atoms with Crippen molar-refractivity contribution in [3.05, 3.63) is 17.8 Å². The summed E-state index contributed by atoms with van der Waals surface area (Å²) in [5.41, 5.74) is 12.0. The number of amides is 1. The van der Waals surface area contributed by atoms with E-state index < -0.39 is 5.91 Å². The molecular weight excluding hydrogens is 244 g/mol. The molecule has 2 unspecified atom stereocenters. The molecule has 0 aromatic carbocycles. The molecule has 0 radical (unpaired) electrons. The monoisotopic (exact) mass is 262 g/mol. The zero-order chi connectivity index (χ0) is 13.4. The minimum atomic E-state index is -0.501. The van der Waals surface area contributed by atoms with Crippen LogP contribution in [0.2, 0.25) is 0 Å². The van der Waals surface area contributed by atoms with Crippen LogP contribution in [0.15, 0.2) is 12.3 Å². The van der Waals surface area contributed by atoms with E-state index in [-0.39, 0.29) is 12.1 Å². The molecule has 1 saturated carbocycles. The fourth-order valence-electron chi connectivity index (χ4n) is 2.65. The van der Waals surface area contributed by atoms with Gasteiger partial charge in [-0.2, -0.15) is 0 Å². The molecule has 5 N–H and O–H groups in total. The predicted molar refractivity (Wildman–Crippen MR) is 71.7 cm³/mol. The highest BCUT2D eigenvalue weighted by molar-refractivity contribution is 5.99. The Hall–Kier alpha value is -1.82. The molecule has 19 heavy (non-hydrogen) atoms. The van der Waals surface area contributed by atoms with Crippen LogP contribution in [0.4, 0.5) is 11.5 Å². The van der Waals surface area contributed by atoms with Gasteiger partial charge in [0, 0.05) is 6.61 Å². The summed E-state index contributed by atoms with van der Waals surface area (Å²) in [5.74, 6) is 0.443. The molecule has 2 fully saturated rings. The van der Waals surface area contributed by atoms with Crippen molar-refractivity contribution in [3.8, 4) is 0 Å². The number of hydrogen-bond donors (Lipinski definition) is 3. The fraction of sp³-hybridized carbons (Fsp3) is 0.538. The van der Waals surface area contributed by atoms with Crippen molar-refractivity contribution in [2.45, 2.75) is 31.4 Å². The quantitative estimate of drug-likeness (QED) is 0.742. The van der Waals surface area contributed by atoms with Crippen molar-refractivity contribution in [3.63, 3.8) is 0 Å². The highest BCUT2D eigenvalue weighted by Crippen LogP contribution is 2.39. The van der Waals surface area contributed by atoms with Crippen molar-refractivity contribution >= 4 is 17.4 Å². The molecule has 1 amide bonds. The number of pyridine rings is 1. The molecule has 1 aromatic rings. The number of carbonyl (C=O) groups excluding carboxylic acids is 1. The summed E-state index contributed by atoms with van der Waals surface area (Å²) < 4.78 is 5.76. The van der Waals surface area contributed by atoms with Crippen LogP contribution >= 0.6 is 0 Å². The Morgan fingerprint density at radius 2 is 2.21 bits per heavy atom. The molecule has 102 valence electrons. The average molecular weight is 262 g/mol. The third-order valence-electron chi connectivity index (χ3n) is 3.75. The Labute approximate surface area is 111 Å². The summed E-state index contributed by atoms with van der Waals surface area (Å²) in [4.78, 5) is 15.5. The van der Waals surface area contributed by atoms with Gasteiger partial charge >= 0.3 is 0 Å². The smallest absolute Gasteiger partial charge is 0.250 e. The van der Waals surface area contributed by atoms with Crippen molar-refractivity contribution in [1.29, 1.82) is 0 Å². The molecule has 6 nitrogen and oxygen atoms in total. The molecule has 1 saturated heterocycles. The van der Waals surface area contributed by atoms with E-state index in [2.05, 4.69) is 10.3 Å². The van der Waals surface area contributed by atoms with Gasteiger partial charge in [0.05, 0.1) is 29.6 Å².